The Balaban J connectivity index is 2.36. The lowest BCUT2D eigenvalue weighted by molar-refractivity contribution is 0.188. The zero-order valence-corrected chi connectivity index (χ0v) is 7.00. The van der Waals surface area contributed by atoms with Crippen LogP contribution in [0.25, 0.3) is 0 Å². The molecule has 0 aliphatic rings. The lowest BCUT2D eigenvalue weighted by Gasteiger charge is -2.06. The van der Waals surface area contributed by atoms with Crippen molar-refractivity contribution in [3.8, 4) is 0 Å². The van der Waals surface area contributed by atoms with Gasteiger partial charge in [0.2, 0.25) is 0 Å². The van der Waals surface area contributed by atoms with Crippen molar-refractivity contribution in [1.82, 2.24) is 9.97 Å². The Kier molecular flexibility index (Phi) is 3.11. The Morgan fingerprint density at radius 3 is 3.09 bits per heavy atom. The van der Waals surface area contributed by atoms with Crippen LogP contribution in [0.1, 0.15) is 25.1 Å². The van der Waals surface area contributed by atoms with Gasteiger partial charge in [0.1, 0.15) is 5.82 Å². The summed E-state index contributed by atoms with van der Waals surface area (Å²) in [5.74, 6) is 1.51. The summed E-state index contributed by atoms with van der Waals surface area (Å²) in [6.07, 6.45) is 4.64. The third kappa shape index (κ3) is 2.35. The van der Waals surface area contributed by atoms with Crippen LogP contribution in [-0.4, -0.2) is 23.7 Å². The van der Waals surface area contributed by atoms with E-state index in [1.807, 2.05) is 6.20 Å². The fraction of sp³-hybridized carbons (Fsp3) is 0.625. The van der Waals surface area contributed by atoms with E-state index in [4.69, 9.17) is 4.74 Å². The monoisotopic (exact) mass is 154 g/mol. The predicted octanol–water partition coefficient (Wildman–Crippen LogP) is 1.55. The minimum absolute atomic E-state index is 0.463. The molecular formula is C8H14N2O. The fourth-order valence-electron chi connectivity index (χ4n) is 0.978. The van der Waals surface area contributed by atoms with Gasteiger partial charge in [-0.05, 0) is 6.42 Å². The first kappa shape index (κ1) is 8.27. The average molecular weight is 154 g/mol. The molecule has 0 aliphatic heterocycles. The second-order valence-electron chi connectivity index (χ2n) is 2.66. The second kappa shape index (κ2) is 4.13. The number of hydrogen-bond acceptors (Lipinski definition) is 2. The molecule has 1 unspecified atom stereocenters. The van der Waals surface area contributed by atoms with Crippen LogP contribution in [0.15, 0.2) is 12.4 Å². The van der Waals surface area contributed by atoms with Gasteiger partial charge in [0.25, 0.3) is 0 Å². The molecule has 0 radical (unpaired) electrons. The van der Waals surface area contributed by atoms with Crippen LogP contribution >= 0.6 is 0 Å². The summed E-state index contributed by atoms with van der Waals surface area (Å²) < 4.78 is 4.97. The Morgan fingerprint density at radius 2 is 2.55 bits per heavy atom. The molecule has 0 saturated heterocycles. The highest BCUT2D eigenvalue weighted by Gasteiger charge is 2.05. The molecule has 3 heteroatoms. The van der Waals surface area contributed by atoms with E-state index in [9.17, 15) is 0 Å². The first-order valence-electron chi connectivity index (χ1n) is 3.83. The number of rotatable bonds is 4. The van der Waals surface area contributed by atoms with Crippen molar-refractivity contribution >= 4 is 0 Å². The Hall–Kier alpha value is -0.830. The van der Waals surface area contributed by atoms with Crippen LogP contribution in [0.2, 0.25) is 0 Å². The molecule has 0 amide bonds. The number of nitrogens with one attached hydrogen (secondary N) is 1. The third-order valence-corrected chi connectivity index (χ3v) is 1.74. The van der Waals surface area contributed by atoms with Gasteiger partial charge in [0.15, 0.2) is 0 Å². The van der Waals surface area contributed by atoms with E-state index in [1.54, 1.807) is 13.3 Å². The lowest BCUT2D eigenvalue weighted by Crippen LogP contribution is -2.00. The van der Waals surface area contributed by atoms with Gasteiger partial charge in [-0.3, -0.25) is 0 Å². The smallest absolute Gasteiger partial charge is 0.108 e. The lowest BCUT2D eigenvalue weighted by atomic mass is 10.1. The topological polar surface area (TPSA) is 37.9 Å². The van der Waals surface area contributed by atoms with Crippen LogP contribution in [0, 0.1) is 0 Å². The fourth-order valence-corrected chi connectivity index (χ4v) is 0.978. The highest BCUT2D eigenvalue weighted by atomic mass is 16.5. The van der Waals surface area contributed by atoms with Gasteiger partial charge in [-0.2, -0.15) is 0 Å². The van der Waals surface area contributed by atoms with Gasteiger partial charge in [-0.1, -0.05) is 6.92 Å². The predicted molar refractivity (Wildman–Crippen MR) is 43.5 cm³/mol. The normalized spacial score (nSPS) is 13.3. The van der Waals surface area contributed by atoms with Crippen LogP contribution in [0.4, 0.5) is 0 Å². The molecule has 0 spiro atoms. The molecule has 1 heterocycles. The molecule has 0 fully saturated rings. The first-order chi connectivity index (χ1) is 5.34. The van der Waals surface area contributed by atoms with Gasteiger partial charge in [-0.15, -0.1) is 0 Å². The molecule has 1 aromatic heterocycles. The summed E-state index contributed by atoms with van der Waals surface area (Å²) in [6, 6.07) is 0. The Morgan fingerprint density at radius 1 is 1.73 bits per heavy atom. The molecule has 0 saturated carbocycles. The van der Waals surface area contributed by atoms with E-state index in [0.717, 1.165) is 18.9 Å². The third-order valence-electron chi connectivity index (χ3n) is 1.74. The second-order valence-corrected chi connectivity index (χ2v) is 2.66. The number of H-pyrrole nitrogens is 1. The molecule has 1 N–H and O–H groups in total. The molecular weight excluding hydrogens is 140 g/mol. The zero-order valence-electron chi connectivity index (χ0n) is 7.00. The van der Waals surface area contributed by atoms with Gasteiger partial charge in [-0.25, -0.2) is 4.98 Å². The summed E-state index contributed by atoms with van der Waals surface area (Å²) in [5.41, 5.74) is 0. The van der Waals surface area contributed by atoms with E-state index in [1.165, 1.54) is 0 Å². The van der Waals surface area contributed by atoms with Crippen LogP contribution in [-0.2, 0) is 4.74 Å². The van der Waals surface area contributed by atoms with Crippen molar-refractivity contribution in [2.24, 2.45) is 0 Å². The molecule has 1 atom stereocenters. The highest BCUT2D eigenvalue weighted by Crippen LogP contribution is 2.13. The minimum atomic E-state index is 0.463. The summed E-state index contributed by atoms with van der Waals surface area (Å²) in [6.45, 7) is 2.93. The van der Waals surface area contributed by atoms with E-state index >= 15 is 0 Å². The maximum Gasteiger partial charge on any atom is 0.108 e. The maximum atomic E-state index is 4.97. The molecule has 3 nitrogen and oxygen atoms in total. The molecule has 0 bridgehead atoms. The van der Waals surface area contributed by atoms with Gasteiger partial charge < -0.3 is 9.72 Å². The van der Waals surface area contributed by atoms with E-state index < -0.39 is 0 Å². The van der Waals surface area contributed by atoms with Crippen molar-refractivity contribution in [2.45, 2.75) is 19.3 Å². The number of methoxy groups -OCH3 is 1. The minimum Gasteiger partial charge on any atom is -0.385 e. The molecule has 0 aromatic carbocycles. The number of ether oxygens (including phenoxy) is 1. The van der Waals surface area contributed by atoms with Crippen molar-refractivity contribution in [3.05, 3.63) is 18.2 Å². The van der Waals surface area contributed by atoms with Crippen LogP contribution in [0.3, 0.4) is 0 Å². The van der Waals surface area contributed by atoms with Gasteiger partial charge >= 0.3 is 0 Å². The quantitative estimate of drug-likeness (QED) is 0.714. The highest BCUT2D eigenvalue weighted by molar-refractivity contribution is 4.94. The van der Waals surface area contributed by atoms with Crippen molar-refractivity contribution in [3.63, 3.8) is 0 Å². The summed E-state index contributed by atoms with van der Waals surface area (Å²) in [4.78, 5) is 7.24. The molecule has 62 valence electrons. The van der Waals surface area contributed by atoms with E-state index in [2.05, 4.69) is 16.9 Å². The SMILES string of the molecule is COCCC(C)c1ncc[nH]1. The van der Waals surface area contributed by atoms with Gasteiger partial charge in [0.05, 0.1) is 0 Å². The van der Waals surface area contributed by atoms with Crippen molar-refractivity contribution in [1.29, 1.82) is 0 Å². The maximum absolute atomic E-state index is 4.97. The molecule has 1 aromatic rings. The van der Waals surface area contributed by atoms with E-state index in [-0.39, 0.29) is 0 Å². The van der Waals surface area contributed by atoms with Crippen LogP contribution in [0.5, 0.6) is 0 Å². The van der Waals surface area contributed by atoms with Crippen LogP contribution < -0.4 is 0 Å². The standard InChI is InChI=1S/C8H14N2O/c1-7(3-6-11-2)8-9-4-5-10-8/h4-5,7H,3,6H2,1-2H3,(H,9,10). The largest absolute Gasteiger partial charge is 0.385 e. The Labute approximate surface area is 66.8 Å². The number of imidazole rings is 1. The molecule has 0 aliphatic carbocycles. The number of aromatic amines is 1. The molecule has 11 heavy (non-hydrogen) atoms. The Bertz CT molecular complexity index is 184. The summed E-state index contributed by atoms with van der Waals surface area (Å²) in [7, 11) is 1.72. The van der Waals surface area contributed by atoms with Crippen molar-refractivity contribution < 1.29 is 4.74 Å². The zero-order chi connectivity index (χ0) is 8.10. The summed E-state index contributed by atoms with van der Waals surface area (Å²) >= 11 is 0. The van der Waals surface area contributed by atoms with E-state index in [0.29, 0.717) is 5.92 Å². The number of aromatic nitrogens is 2. The van der Waals surface area contributed by atoms with Gasteiger partial charge in [0, 0.05) is 32.0 Å². The summed E-state index contributed by atoms with van der Waals surface area (Å²) in [5, 5.41) is 0. The number of hydrogen-bond donors (Lipinski definition) is 1. The average Bonchev–Trinajstić information content (AvgIpc) is 2.52. The first-order valence-corrected chi connectivity index (χ1v) is 3.83. The molecule has 1 rings (SSSR count). The number of nitrogens with zero attached hydrogens (tertiary/aromatic N) is 1. The van der Waals surface area contributed by atoms with Crippen molar-refractivity contribution in [2.75, 3.05) is 13.7 Å².